The molecular formula is C10H18O2. The molecule has 0 bridgehead atoms. The van der Waals surface area contributed by atoms with Crippen LogP contribution in [0.3, 0.4) is 0 Å². The quantitative estimate of drug-likeness (QED) is 0.655. The van der Waals surface area contributed by atoms with Gasteiger partial charge in [0.2, 0.25) is 0 Å². The summed E-state index contributed by atoms with van der Waals surface area (Å²) in [5.74, 6) is 0. The van der Waals surface area contributed by atoms with E-state index in [0.29, 0.717) is 12.7 Å². The Bertz CT molecular complexity index is 132. The van der Waals surface area contributed by atoms with Crippen LogP contribution in [0.25, 0.3) is 0 Å². The molecule has 0 saturated carbocycles. The zero-order valence-corrected chi connectivity index (χ0v) is 7.54. The fourth-order valence-electron chi connectivity index (χ4n) is 1.51. The smallest absolute Gasteiger partial charge is 0.0701 e. The molecule has 0 radical (unpaired) electrons. The first-order valence-corrected chi connectivity index (χ1v) is 4.81. The van der Waals surface area contributed by atoms with Crippen LogP contribution in [0, 0.1) is 0 Å². The zero-order chi connectivity index (χ0) is 8.65. The predicted molar refractivity (Wildman–Crippen MR) is 49.1 cm³/mol. The van der Waals surface area contributed by atoms with Crippen LogP contribution in [0.5, 0.6) is 0 Å². The lowest BCUT2D eigenvalue weighted by atomic mass is 10.0. The summed E-state index contributed by atoms with van der Waals surface area (Å²) in [5.41, 5.74) is 0. The van der Waals surface area contributed by atoms with Gasteiger partial charge in [-0.2, -0.15) is 0 Å². The molecule has 0 aromatic rings. The number of aliphatic hydroxyl groups is 1. The average molecular weight is 170 g/mol. The molecule has 0 fully saturated rings. The highest BCUT2D eigenvalue weighted by molar-refractivity contribution is 4.85. The normalized spacial score (nSPS) is 27.6. The summed E-state index contributed by atoms with van der Waals surface area (Å²) in [4.78, 5) is 0. The fourth-order valence-corrected chi connectivity index (χ4v) is 1.51. The van der Waals surface area contributed by atoms with Crippen molar-refractivity contribution < 1.29 is 9.84 Å². The van der Waals surface area contributed by atoms with E-state index in [1.165, 1.54) is 12.8 Å². The van der Waals surface area contributed by atoms with Crippen molar-refractivity contribution in [3.05, 3.63) is 12.2 Å². The minimum absolute atomic E-state index is 0.145. The van der Waals surface area contributed by atoms with Crippen molar-refractivity contribution in [2.75, 3.05) is 13.2 Å². The van der Waals surface area contributed by atoms with Crippen molar-refractivity contribution >= 4 is 0 Å². The number of hydrogen-bond donors (Lipinski definition) is 1. The number of ether oxygens (including phenoxy) is 1. The first kappa shape index (κ1) is 9.75. The van der Waals surface area contributed by atoms with Gasteiger partial charge in [0.05, 0.1) is 19.3 Å². The van der Waals surface area contributed by atoms with E-state index < -0.39 is 0 Å². The molecule has 0 unspecified atom stereocenters. The fraction of sp³-hybridized carbons (Fsp3) is 0.800. The molecule has 1 aliphatic carbocycles. The Balaban J connectivity index is 2.18. The Morgan fingerprint density at radius 2 is 2.08 bits per heavy atom. The van der Waals surface area contributed by atoms with Gasteiger partial charge in [-0.05, 0) is 32.1 Å². The van der Waals surface area contributed by atoms with Crippen LogP contribution in [0.1, 0.15) is 32.1 Å². The summed E-state index contributed by atoms with van der Waals surface area (Å²) in [6.45, 7) is 0.640. The van der Waals surface area contributed by atoms with E-state index in [0.717, 1.165) is 19.3 Å². The highest BCUT2D eigenvalue weighted by Gasteiger charge is 2.08. The van der Waals surface area contributed by atoms with E-state index >= 15 is 0 Å². The van der Waals surface area contributed by atoms with E-state index in [-0.39, 0.29) is 6.61 Å². The Kier molecular flexibility index (Phi) is 5.04. The first-order chi connectivity index (χ1) is 5.93. The summed E-state index contributed by atoms with van der Waals surface area (Å²) >= 11 is 0. The van der Waals surface area contributed by atoms with Crippen LogP contribution in [-0.2, 0) is 4.74 Å². The second kappa shape index (κ2) is 6.21. The van der Waals surface area contributed by atoms with Gasteiger partial charge in [-0.1, -0.05) is 12.2 Å². The molecule has 0 aromatic heterocycles. The van der Waals surface area contributed by atoms with Gasteiger partial charge in [-0.25, -0.2) is 0 Å². The highest BCUT2D eigenvalue weighted by atomic mass is 16.5. The lowest BCUT2D eigenvalue weighted by molar-refractivity contribution is 0.0186. The maximum absolute atomic E-state index is 8.58. The number of rotatable bonds is 3. The molecule has 1 atom stereocenters. The third kappa shape index (κ3) is 3.88. The largest absolute Gasteiger partial charge is 0.394 e. The molecule has 0 heterocycles. The molecule has 0 aromatic carbocycles. The average Bonchev–Trinajstić information content (AvgIpc) is 2.02. The molecule has 2 nitrogen and oxygen atoms in total. The van der Waals surface area contributed by atoms with E-state index in [9.17, 15) is 0 Å². The number of allylic oxidation sites excluding steroid dienone is 2. The van der Waals surface area contributed by atoms with Crippen molar-refractivity contribution in [3.8, 4) is 0 Å². The lowest BCUT2D eigenvalue weighted by Gasteiger charge is -2.17. The minimum atomic E-state index is 0.145. The molecule has 0 spiro atoms. The van der Waals surface area contributed by atoms with E-state index in [4.69, 9.17) is 9.84 Å². The number of aliphatic hydroxyl groups excluding tert-OH is 1. The molecular weight excluding hydrogens is 152 g/mol. The number of hydrogen-bond acceptors (Lipinski definition) is 2. The summed E-state index contributed by atoms with van der Waals surface area (Å²) in [5, 5.41) is 8.58. The lowest BCUT2D eigenvalue weighted by Crippen LogP contribution is -2.15. The summed E-state index contributed by atoms with van der Waals surface area (Å²) in [6.07, 6.45) is 10.6. The standard InChI is InChI=1S/C10H18O2/c11-8-9-12-10-6-4-2-1-3-5-7-10/h1-2,10-11H,3-9H2/b2-1+/t10-/m0/s1. The van der Waals surface area contributed by atoms with Crippen LogP contribution in [0.15, 0.2) is 12.2 Å². The Labute approximate surface area is 74.2 Å². The molecule has 1 N–H and O–H groups in total. The van der Waals surface area contributed by atoms with Gasteiger partial charge in [0.1, 0.15) is 0 Å². The van der Waals surface area contributed by atoms with E-state index in [2.05, 4.69) is 12.2 Å². The second-order valence-electron chi connectivity index (χ2n) is 3.20. The molecule has 0 amide bonds. The van der Waals surface area contributed by atoms with Gasteiger partial charge in [0.15, 0.2) is 0 Å². The maximum Gasteiger partial charge on any atom is 0.0701 e. The van der Waals surface area contributed by atoms with Gasteiger partial charge in [-0.15, -0.1) is 0 Å². The zero-order valence-electron chi connectivity index (χ0n) is 7.54. The van der Waals surface area contributed by atoms with Gasteiger partial charge in [0, 0.05) is 0 Å². The van der Waals surface area contributed by atoms with E-state index in [1.807, 2.05) is 0 Å². The Morgan fingerprint density at radius 1 is 1.25 bits per heavy atom. The summed E-state index contributed by atoms with van der Waals surface area (Å²) < 4.78 is 5.48. The minimum Gasteiger partial charge on any atom is -0.394 e. The molecule has 1 rings (SSSR count). The SMILES string of the molecule is OCCO[C@H]1CC/C=C/CCC1. The second-order valence-corrected chi connectivity index (χ2v) is 3.20. The third-order valence-electron chi connectivity index (χ3n) is 2.16. The van der Waals surface area contributed by atoms with Crippen molar-refractivity contribution in [2.45, 2.75) is 38.2 Å². The summed E-state index contributed by atoms with van der Waals surface area (Å²) in [6, 6.07) is 0. The van der Waals surface area contributed by atoms with Crippen LogP contribution in [-0.4, -0.2) is 24.4 Å². The molecule has 70 valence electrons. The molecule has 1 aliphatic rings. The van der Waals surface area contributed by atoms with Crippen LogP contribution in [0.2, 0.25) is 0 Å². The van der Waals surface area contributed by atoms with Gasteiger partial charge >= 0.3 is 0 Å². The van der Waals surface area contributed by atoms with E-state index in [1.54, 1.807) is 0 Å². The van der Waals surface area contributed by atoms with Crippen molar-refractivity contribution in [3.63, 3.8) is 0 Å². The Hall–Kier alpha value is -0.340. The van der Waals surface area contributed by atoms with Crippen LogP contribution < -0.4 is 0 Å². The van der Waals surface area contributed by atoms with Gasteiger partial charge < -0.3 is 9.84 Å². The van der Waals surface area contributed by atoms with Crippen LogP contribution >= 0.6 is 0 Å². The van der Waals surface area contributed by atoms with Crippen molar-refractivity contribution in [1.29, 1.82) is 0 Å². The Morgan fingerprint density at radius 3 is 2.92 bits per heavy atom. The first-order valence-electron chi connectivity index (χ1n) is 4.81. The topological polar surface area (TPSA) is 29.5 Å². The highest BCUT2D eigenvalue weighted by Crippen LogP contribution is 2.14. The van der Waals surface area contributed by atoms with Crippen LogP contribution in [0.4, 0.5) is 0 Å². The maximum atomic E-state index is 8.58. The van der Waals surface area contributed by atoms with Gasteiger partial charge in [-0.3, -0.25) is 0 Å². The van der Waals surface area contributed by atoms with Crippen molar-refractivity contribution in [2.24, 2.45) is 0 Å². The van der Waals surface area contributed by atoms with Gasteiger partial charge in [0.25, 0.3) is 0 Å². The molecule has 2 heteroatoms. The molecule has 12 heavy (non-hydrogen) atoms. The molecule has 0 aliphatic heterocycles. The molecule has 0 saturated heterocycles. The predicted octanol–water partition coefficient (Wildman–Crippen LogP) is 1.88. The third-order valence-corrected chi connectivity index (χ3v) is 2.16. The monoisotopic (exact) mass is 170 g/mol. The summed E-state index contributed by atoms with van der Waals surface area (Å²) in [7, 11) is 0. The van der Waals surface area contributed by atoms with Crippen molar-refractivity contribution in [1.82, 2.24) is 0 Å².